The minimum atomic E-state index is -0.662. The molecule has 0 saturated heterocycles. The number of aromatic nitrogens is 4. The number of carbonyl (C=O) groups is 1. The number of amides is 2. The number of halogens is 1. The van der Waals surface area contributed by atoms with Gasteiger partial charge in [-0.15, -0.1) is 0 Å². The number of nitrogens with one attached hydrogen (secondary N) is 3. The predicted octanol–water partition coefficient (Wildman–Crippen LogP) is 2.07. The van der Waals surface area contributed by atoms with Gasteiger partial charge < -0.3 is 10.6 Å². The van der Waals surface area contributed by atoms with E-state index in [-0.39, 0.29) is 17.2 Å². The van der Waals surface area contributed by atoms with Gasteiger partial charge in [-0.2, -0.15) is 9.50 Å². The Balaban J connectivity index is 1.92. The molecule has 0 saturated carbocycles. The van der Waals surface area contributed by atoms with E-state index in [4.69, 9.17) is 0 Å². The van der Waals surface area contributed by atoms with Crippen molar-refractivity contribution in [2.24, 2.45) is 0 Å². The maximum atomic E-state index is 13.2. The van der Waals surface area contributed by atoms with Crippen LogP contribution in [0.3, 0.4) is 0 Å². The largest absolute Gasteiger partial charge is 0.323 e. The van der Waals surface area contributed by atoms with Crippen LogP contribution in [0.25, 0.3) is 5.78 Å². The van der Waals surface area contributed by atoms with Gasteiger partial charge in [0.1, 0.15) is 17.3 Å². The van der Waals surface area contributed by atoms with Crippen molar-refractivity contribution in [3.8, 4) is 0 Å². The Bertz CT molecular complexity index is 978. The van der Waals surface area contributed by atoms with Crippen LogP contribution < -0.4 is 16.2 Å². The van der Waals surface area contributed by atoms with Gasteiger partial charge in [0.2, 0.25) is 0 Å². The molecule has 0 bridgehead atoms. The van der Waals surface area contributed by atoms with Gasteiger partial charge in [-0.25, -0.2) is 14.2 Å². The Kier molecular flexibility index (Phi) is 3.98. The molecule has 0 aliphatic heterocycles. The molecule has 0 radical (unpaired) electrons. The van der Waals surface area contributed by atoms with Gasteiger partial charge in [0.05, 0.1) is 5.69 Å². The molecule has 2 aromatic heterocycles. The summed E-state index contributed by atoms with van der Waals surface area (Å²) in [7, 11) is 0. The zero-order valence-electron chi connectivity index (χ0n) is 13.1. The van der Waals surface area contributed by atoms with Crippen LogP contribution in [0.2, 0.25) is 0 Å². The first kappa shape index (κ1) is 15.7. The predicted molar refractivity (Wildman–Crippen MR) is 86.8 cm³/mol. The van der Waals surface area contributed by atoms with Crippen LogP contribution in [0, 0.1) is 12.7 Å². The molecular formula is C15H15FN6O2. The lowest BCUT2D eigenvalue weighted by atomic mass is 10.2. The minimum absolute atomic E-state index is 0.0487. The molecule has 0 aliphatic rings. The van der Waals surface area contributed by atoms with Crippen LogP contribution in [0.15, 0.2) is 29.1 Å². The van der Waals surface area contributed by atoms with Gasteiger partial charge in [0.15, 0.2) is 0 Å². The molecule has 8 nitrogen and oxygen atoms in total. The van der Waals surface area contributed by atoms with Crippen LogP contribution in [0.4, 0.5) is 20.6 Å². The molecule has 3 rings (SSSR count). The summed E-state index contributed by atoms with van der Waals surface area (Å²) in [5, 5.41) is 7.71. The van der Waals surface area contributed by atoms with Crippen molar-refractivity contribution >= 4 is 23.2 Å². The molecule has 1 aromatic carbocycles. The molecule has 124 valence electrons. The molecule has 3 N–H and O–H groups in total. The maximum absolute atomic E-state index is 13.2. The van der Waals surface area contributed by atoms with Crippen LogP contribution in [-0.4, -0.2) is 25.6 Å². The number of hydrogen-bond acceptors (Lipinski definition) is 4. The van der Waals surface area contributed by atoms with Crippen molar-refractivity contribution in [3.05, 3.63) is 52.0 Å². The molecule has 0 spiro atoms. The van der Waals surface area contributed by atoms with Crippen molar-refractivity contribution in [3.63, 3.8) is 0 Å². The number of anilines is 2. The zero-order valence-corrected chi connectivity index (χ0v) is 13.1. The number of nitrogens with zero attached hydrogens (tertiary/aromatic N) is 3. The molecule has 2 heterocycles. The van der Waals surface area contributed by atoms with Crippen LogP contribution in [0.1, 0.15) is 18.4 Å². The Morgan fingerprint density at radius 2 is 2.12 bits per heavy atom. The highest BCUT2D eigenvalue weighted by Gasteiger charge is 2.16. The van der Waals surface area contributed by atoms with Gasteiger partial charge in [-0.05, 0) is 31.5 Å². The standard InChI is InChI=1S/C15H15FN6O2/c1-3-11-12(13(23)22-14(19-11)17-8(2)21-22)20-15(24)18-10-6-4-5-9(16)7-10/h4-7H,3H2,1-2H3,(H,17,19,21)(H2,18,20,24). The summed E-state index contributed by atoms with van der Waals surface area (Å²) in [6, 6.07) is 4.79. The minimum Gasteiger partial charge on any atom is -0.308 e. The third kappa shape index (κ3) is 2.96. The summed E-state index contributed by atoms with van der Waals surface area (Å²) in [6.07, 6.45) is 0.438. The number of rotatable bonds is 3. The summed E-state index contributed by atoms with van der Waals surface area (Å²) in [5.41, 5.74) is 0.275. The monoisotopic (exact) mass is 330 g/mol. The fourth-order valence-electron chi connectivity index (χ4n) is 2.29. The lowest BCUT2D eigenvalue weighted by Gasteiger charge is -2.10. The molecule has 0 aliphatic carbocycles. The fraction of sp³-hybridized carbons (Fsp3) is 0.200. The Labute approximate surface area is 135 Å². The lowest BCUT2D eigenvalue weighted by Crippen LogP contribution is -2.28. The fourth-order valence-corrected chi connectivity index (χ4v) is 2.29. The smallest absolute Gasteiger partial charge is 0.308 e. The molecule has 0 unspecified atom stereocenters. The normalized spacial score (nSPS) is 10.8. The number of hydrogen-bond donors (Lipinski definition) is 3. The van der Waals surface area contributed by atoms with E-state index in [1.54, 1.807) is 6.92 Å². The second kappa shape index (κ2) is 6.11. The van der Waals surface area contributed by atoms with E-state index in [1.807, 2.05) is 6.92 Å². The van der Waals surface area contributed by atoms with Crippen LogP contribution in [-0.2, 0) is 6.42 Å². The molecule has 9 heteroatoms. The number of fused-ring (bicyclic) bond motifs is 1. The first-order valence-electron chi connectivity index (χ1n) is 7.29. The molecule has 0 atom stereocenters. The molecule has 2 amide bonds. The molecule has 3 aromatic rings. The van der Waals surface area contributed by atoms with Crippen LogP contribution in [0.5, 0.6) is 0 Å². The van der Waals surface area contributed by atoms with Crippen molar-refractivity contribution in [1.82, 2.24) is 19.6 Å². The van der Waals surface area contributed by atoms with E-state index < -0.39 is 17.4 Å². The van der Waals surface area contributed by atoms with Crippen molar-refractivity contribution in [1.29, 1.82) is 0 Å². The lowest BCUT2D eigenvalue weighted by molar-refractivity contribution is 0.262. The molecule has 24 heavy (non-hydrogen) atoms. The van der Waals surface area contributed by atoms with Crippen molar-refractivity contribution in [2.45, 2.75) is 20.3 Å². The molecular weight excluding hydrogens is 315 g/mol. The Morgan fingerprint density at radius 1 is 1.33 bits per heavy atom. The second-order valence-electron chi connectivity index (χ2n) is 5.13. The Morgan fingerprint density at radius 3 is 2.83 bits per heavy atom. The van der Waals surface area contributed by atoms with Gasteiger partial charge in [0.25, 0.3) is 11.3 Å². The third-order valence-electron chi connectivity index (χ3n) is 3.34. The number of H-pyrrole nitrogens is 1. The highest BCUT2D eigenvalue weighted by molar-refractivity contribution is 6.00. The van der Waals surface area contributed by atoms with Gasteiger partial charge in [0, 0.05) is 5.69 Å². The SMILES string of the molecule is CCc1nc2nc(C)[nH]n2c(=O)c1NC(=O)Nc1cccc(F)c1. The third-order valence-corrected chi connectivity index (χ3v) is 3.34. The zero-order chi connectivity index (χ0) is 17.3. The highest BCUT2D eigenvalue weighted by atomic mass is 19.1. The number of carbonyl (C=O) groups excluding carboxylic acids is 1. The maximum Gasteiger partial charge on any atom is 0.323 e. The quantitative estimate of drug-likeness (QED) is 0.684. The van der Waals surface area contributed by atoms with E-state index in [9.17, 15) is 14.0 Å². The van der Waals surface area contributed by atoms with E-state index >= 15 is 0 Å². The first-order chi connectivity index (χ1) is 11.5. The summed E-state index contributed by atoms with van der Waals surface area (Å²) >= 11 is 0. The van der Waals surface area contributed by atoms with E-state index in [1.165, 1.54) is 24.3 Å². The topological polar surface area (TPSA) is 104 Å². The van der Waals surface area contributed by atoms with E-state index in [0.29, 0.717) is 17.9 Å². The highest BCUT2D eigenvalue weighted by Crippen LogP contribution is 2.12. The van der Waals surface area contributed by atoms with E-state index in [2.05, 4.69) is 25.7 Å². The number of aryl methyl sites for hydroxylation is 2. The van der Waals surface area contributed by atoms with E-state index in [0.717, 1.165) is 4.52 Å². The van der Waals surface area contributed by atoms with Crippen LogP contribution >= 0.6 is 0 Å². The molecule has 0 fully saturated rings. The second-order valence-corrected chi connectivity index (χ2v) is 5.13. The van der Waals surface area contributed by atoms with Crippen molar-refractivity contribution < 1.29 is 9.18 Å². The number of benzene rings is 1. The van der Waals surface area contributed by atoms with Gasteiger partial charge in [-0.3, -0.25) is 9.89 Å². The number of aromatic amines is 1. The van der Waals surface area contributed by atoms with Gasteiger partial charge in [-0.1, -0.05) is 13.0 Å². The summed E-state index contributed by atoms with van der Waals surface area (Å²) < 4.78 is 14.3. The number of urea groups is 1. The Hall–Kier alpha value is -3.23. The average Bonchev–Trinajstić information content (AvgIpc) is 2.90. The summed E-state index contributed by atoms with van der Waals surface area (Å²) in [5.74, 6) is 0.298. The summed E-state index contributed by atoms with van der Waals surface area (Å²) in [6.45, 7) is 3.51. The van der Waals surface area contributed by atoms with Crippen molar-refractivity contribution in [2.75, 3.05) is 10.6 Å². The summed E-state index contributed by atoms with van der Waals surface area (Å²) in [4.78, 5) is 33.0. The first-order valence-corrected chi connectivity index (χ1v) is 7.29. The van der Waals surface area contributed by atoms with Gasteiger partial charge >= 0.3 is 6.03 Å². The average molecular weight is 330 g/mol.